The Morgan fingerprint density at radius 1 is 0.682 bits per heavy atom. The third-order valence-corrected chi connectivity index (χ3v) is 4.72. The van der Waals surface area contributed by atoms with Gasteiger partial charge in [0.25, 0.3) is 10.1 Å². The molecule has 0 aliphatic heterocycles. The summed E-state index contributed by atoms with van der Waals surface area (Å²) in [5.41, 5.74) is 0. The van der Waals surface area contributed by atoms with Crippen LogP contribution >= 0.6 is 0 Å². The van der Waals surface area contributed by atoms with Crippen molar-refractivity contribution in [2.45, 2.75) is 96.8 Å². The molecule has 0 aromatic rings. The van der Waals surface area contributed by atoms with Crippen molar-refractivity contribution in [3.8, 4) is 0 Å². The van der Waals surface area contributed by atoms with Gasteiger partial charge in [0.15, 0.2) is 0 Å². The van der Waals surface area contributed by atoms with Gasteiger partial charge in [-0.1, -0.05) is 76.9 Å². The van der Waals surface area contributed by atoms with Crippen molar-refractivity contribution in [3.63, 3.8) is 0 Å². The highest BCUT2D eigenvalue weighted by Gasteiger charge is 2.02. The Bertz CT molecular complexity index is 347. The van der Waals surface area contributed by atoms with Crippen LogP contribution in [0, 0.1) is 0 Å². The summed E-state index contributed by atoms with van der Waals surface area (Å²) in [5.74, 6) is -0.0891. The Hall–Kier alpha value is -0.350. The fourth-order valence-electron chi connectivity index (χ4n) is 2.53. The average molecular weight is 333 g/mol. The van der Waals surface area contributed by atoms with E-state index in [1.807, 2.05) is 0 Å². The lowest BCUT2D eigenvalue weighted by molar-refractivity contribution is 0.478. The second-order valence-corrected chi connectivity index (χ2v) is 7.80. The average Bonchev–Trinajstić information content (AvgIpc) is 2.45. The zero-order valence-electron chi connectivity index (χ0n) is 14.4. The van der Waals surface area contributed by atoms with Gasteiger partial charge < -0.3 is 0 Å². The molecular weight excluding hydrogens is 296 g/mol. The number of hydrogen-bond acceptors (Lipinski definition) is 2. The zero-order valence-corrected chi connectivity index (χ0v) is 15.2. The highest BCUT2D eigenvalue weighted by atomic mass is 32.2. The summed E-state index contributed by atoms with van der Waals surface area (Å²) in [6.07, 6.45) is 21.4. The summed E-state index contributed by atoms with van der Waals surface area (Å²) in [7, 11) is -3.75. The Morgan fingerprint density at radius 2 is 1.09 bits per heavy atom. The summed E-state index contributed by atoms with van der Waals surface area (Å²) in [6, 6.07) is 0. The number of allylic oxidation sites excluding steroid dienone is 2. The van der Waals surface area contributed by atoms with Crippen molar-refractivity contribution in [3.05, 3.63) is 12.2 Å². The molecule has 0 bridgehead atoms. The maximum Gasteiger partial charge on any atom is 0.264 e. The molecule has 4 heteroatoms. The molecule has 0 aliphatic carbocycles. The molecule has 0 saturated heterocycles. The van der Waals surface area contributed by atoms with Crippen LogP contribution in [0.5, 0.6) is 0 Å². The van der Waals surface area contributed by atoms with Crippen molar-refractivity contribution in [1.29, 1.82) is 0 Å². The molecule has 0 spiro atoms. The van der Waals surface area contributed by atoms with Crippen LogP contribution in [0.3, 0.4) is 0 Å². The van der Waals surface area contributed by atoms with Crippen molar-refractivity contribution in [2.75, 3.05) is 5.75 Å². The van der Waals surface area contributed by atoms with Crippen LogP contribution in [0.15, 0.2) is 12.2 Å². The molecule has 0 aromatic heterocycles. The lowest BCUT2D eigenvalue weighted by atomic mass is 10.1. The van der Waals surface area contributed by atoms with E-state index in [4.69, 9.17) is 4.55 Å². The summed E-state index contributed by atoms with van der Waals surface area (Å²) in [5, 5.41) is 0. The van der Waals surface area contributed by atoms with Gasteiger partial charge in [0.1, 0.15) is 0 Å². The molecule has 0 fully saturated rings. The summed E-state index contributed by atoms with van der Waals surface area (Å²) < 4.78 is 29.7. The topological polar surface area (TPSA) is 54.4 Å². The van der Waals surface area contributed by atoms with E-state index in [9.17, 15) is 8.42 Å². The SMILES string of the molecule is CCCCCCCC/C=C\CCCCCCCCS(=O)(=O)O. The third-order valence-electron chi connectivity index (χ3n) is 3.91. The summed E-state index contributed by atoms with van der Waals surface area (Å²) in [6.45, 7) is 2.25. The predicted octanol–water partition coefficient (Wildman–Crippen LogP) is 5.91. The Labute approximate surface area is 138 Å². The molecule has 0 aromatic carbocycles. The number of rotatable bonds is 16. The van der Waals surface area contributed by atoms with Gasteiger partial charge in [0, 0.05) is 0 Å². The van der Waals surface area contributed by atoms with E-state index in [0.29, 0.717) is 6.42 Å². The van der Waals surface area contributed by atoms with Crippen molar-refractivity contribution in [2.24, 2.45) is 0 Å². The number of unbranched alkanes of at least 4 members (excludes halogenated alkanes) is 12. The Balaban J connectivity index is 3.14. The normalized spacial score (nSPS) is 12.3. The van der Waals surface area contributed by atoms with E-state index >= 15 is 0 Å². The van der Waals surface area contributed by atoms with Crippen molar-refractivity contribution < 1.29 is 13.0 Å². The molecule has 0 radical (unpaired) electrons. The van der Waals surface area contributed by atoms with E-state index in [1.54, 1.807) is 0 Å². The molecule has 0 unspecified atom stereocenters. The quantitative estimate of drug-likeness (QED) is 0.217. The van der Waals surface area contributed by atoms with Crippen LogP contribution in [-0.2, 0) is 10.1 Å². The van der Waals surface area contributed by atoms with Crippen LogP contribution in [0.1, 0.15) is 96.8 Å². The predicted molar refractivity (Wildman–Crippen MR) is 95.9 cm³/mol. The van der Waals surface area contributed by atoms with E-state index in [1.165, 1.54) is 64.2 Å². The van der Waals surface area contributed by atoms with Crippen LogP contribution in [-0.4, -0.2) is 18.7 Å². The van der Waals surface area contributed by atoms with Gasteiger partial charge in [0.05, 0.1) is 5.75 Å². The lowest BCUT2D eigenvalue weighted by Crippen LogP contribution is -2.03. The minimum atomic E-state index is -3.75. The maximum atomic E-state index is 10.5. The second-order valence-electron chi connectivity index (χ2n) is 6.22. The fraction of sp³-hybridized carbons (Fsp3) is 0.889. The van der Waals surface area contributed by atoms with Crippen LogP contribution in [0.4, 0.5) is 0 Å². The first kappa shape index (κ1) is 21.6. The number of hydrogen-bond donors (Lipinski definition) is 1. The standard InChI is InChI=1S/C18H36O3S/c1-2-3-4-5-6-7-8-9-10-11-12-13-14-15-16-17-18-22(19,20)21/h9-10H,2-8,11-18H2,1H3,(H,19,20,21)/b10-9-. The van der Waals surface area contributed by atoms with Gasteiger partial charge in [-0.25, -0.2) is 0 Å². The van der Waals surface area contributed by atoms with Gasteiger partial charge in [-0.3, -0.25) is 4.55 Å². The van der Waals surface area contributed by atoms with E-state index in [2.05, 4.69) is 19.1 Å². The third kappa shape index (κ3) is 19.7. The molecule has 0 aliphatic rings. The molecule has 0 heterocycles. The van der Waals surface area contributed by atoms with E-state index in [0.717, 1.165) is 19.3 Å². The van der Waals surface area contributed by atoms with Gasteiger partial charge in [0.2, 0.25) is 0 Å². The smallest absolute Gasteiger partial charge is 0.264 e. The van der Waals surface area contributed by atoms with E-state index < -0.39 is 10.1 Å². The molecule has 0 saturated carbocycles. The first-order chi connectivity index (χ1) is 10.6. The molecule has 0 atom stereocenters. The Morgan fingerprint density at radius 3 is 1.55 bits per heavy atom. The molecule has 22 heavy (non-hydrogen) atoms. The van der Waals surface area contributed by atoms with Gasteiger partial charge >= 0.3 is 0 Å². The summed E-state index contributed by atoms with van der Waals surface area (Å²) in [4.78, 5) is 0. The molecule has 132 valence electrons. The first-order valence-electron chi connectivity index (χ1n) is 9.16. The second kappa shape index (κ2) is 15.5. The van der Waals surface area contributed by atoms with Crippen molar-refractivity contribution >= 4 is 10.1 Å². The van der Waals surface area contributed by atoms with Crippen LogP contribution < -0.4 is 0 Å². The Kier molecular flexibility index (Phi) is 15.3. The highest BCUT2D eigenvalue weighted by Crippen LogP contribution is 2.10. The largest absolute Gasteiger partial charge is 0.286 e. The van der Waals surface area contributed by atoms with Crippen LogP contribution in [0.25, 0.3) is 0 Å². The van der Waals surface area contributed by atoms with Gasteiger partial charge in [-0.05, 0) is 32.1 Å². The van der Waals surface area contributed by atoms with E-state index in [-0.39, 0.29) is 5.75 Å². The fourth-order valence-corrected chi connectivity index (χ4v) is 3.10. The molecular formula is C18H36O3S. The van der Waals surface area contributed by atoms with Crippen molar-refractivity contribution in [1.82, 2.24) is 0 Å². The van der Waals surface area contributed by atoms with Crippen LogP contribution in [0.2, 0.25) is 0 Å². The maximum absolute atomic E-state index is 10.5. The molecule has 3 nitrogen and oxygen atoms in total. The molecule has 0 rings (SSSR count). The molecule has 1 N–H and O–H groups in total. The van der Waals surface area contributed by atoms with Gasteiger partial charge in [-0.2, -0.15) is 8.42 Å². The first-order valence-corrected chi connectivity index (χ1v) is 10.8. The monoisotopic (exact) mass is 332 g/mol. The lowest BCUT2D eigenvalue weighted by Gasteiger charge is -2.00. The highest BCUT2D eigenvalue weighted by molar-refractivity contribution is 7.85. The zero-order chi connectivity index (χ0) is 16.5. The minimum absolute atomic E-state index is 0.0891. The molecule has 0 amide bonds. The van der Waals surface area contributed by atoms with Gasteiger partial charge in [-0.15, -0.1) is 0 Å². The summed E-state index contributed by atoms with van der Waals surface area (Å²) >= 11 is 0. The minimum Gasteiger partial charge on any atom is -0.286 e.